The Hall–Kier alpha value is -0.150. The number of thiocarbonyl (C=S) groups is 1. The van der Waals surface area contributed by atoms with Crippen LogP contribution in [0.2, 0.25) is 0 Å². The van der Waals surface area contributed by atoms with Crippen molar-refractivity contribution in [3.05, 3.63) is 0 Å². The highest BCUT2D eigenvalue weighted by molar-refractivity contribution is 7.80. The minimum absolute atomic E-state index is 0.131. The van der Waals surface area contributed by atoms with Crippen LogP contribution in [0.1, 0.15) is 57.8 Å². The maximum absolute atomic E-state index is 6.30. The molecular formula is C14H26N2S. The third-order valence-corrected chi connectivity index (χ3v) is 4.86. The summed E-state index contributed by atoms with van der Waals surface area (Å²) in [5, 5.41) is 0. The third kappa shape index (κ3) is 3.92. The van der Waals surface area contributed by atoms with Gasteiger partial charge in [-0.15, -0.1) is 0 Å². The van der Waals surface area contributed by atoms with Crippen LogP contribution in [0.25, 0.3) is 0 Å². The summed E-state index contributed by atoms with van der Waals surface area (Å²) in [5.74, 6) is 0.835. The van der Waals surface area contributed by atoms with E-state index >= 15 is 0 Å². The molecule has 1 atom stereocenters. The van der Waals surface area contributed by atoms with Crippen molar-refractivity contribution in [2.24, 2.45) is 11.7 Å². The van der Waals surface area contributed by atoms with Gasteiger partial charge in [-0.2, -0.15) is 0 Å². The minimum atomic E-state index is 0.131. The fourth-order valence-corrected chi connectivity index (χ4v) is 3.51. The summed E-state index contributed by atoms with van der Waals surface area (Å²) in [5.41, 5.74) is 6.30. The van der Waals surface area contributed by atoms with Crippen LogP contribution < -0.4 is 5.73 Å². The molecule has 17 heavy (non-hydrogen) atoms. The molecule has 0 aromatic rings. The average molecular weight is 254 g/mol. The van der Waals surface area contributed by atoms with Gasteiger partial charge in [-0.05, 0) is 31.6 Å². The van der Waals surface area contributed by atoms with Gasteiger partial charge in [-0.3, -0.25) is 0 Å². The number of nitrogens with two attached hydrogens (primary N) is 1. The Balaban J connectivity index is 1.77. The smallest absolute Gasteiger partial charge is 0.0949 e. The largest absolute Gasteiger partial charge is 0.365 e. The fraction of sp³-hybridized carbons (Fsp3) is 0.929. The first-order chi connectivity index (χ1) is 8.27. The summed E-state index contributed by atoms with van der Waals surface area (Å²) in [6, 6.07) is 0.131. The number of nitrogens with zero attached hydrogens (tertiary/aromatic N) is 1. The van der Waals surface area contributed by atoms with Crippen LogP contribution in [-0.2, 0) is 0 Å². The molecule has 2 rings (SSSR count). The highest BCUT2D eigenvalue weighted by Gasteiger charge is 2.23. The van der Waals surface area contributed by atoms with Crippen molar-refractivity contribution >= 4 is 17.2 Å². The predicted octanol–water partition coefficient (Wildman–Crippen LogP) is 3.10. The van der Waals surface area contributed by atoms with Crippen LogP contribution in [0.15, 0.2) is 0 Å². The molecule has 1 saturated carbocycles. The van der Waals surface area contributed by atoms with E-state index in [-0.39, 0.29) is 6.04 Å². The van der Waals surface area contributed by atoms with E-state index in [9.17, 15) is 0 Å². The van der Waals surface area contributed by atoms with Gasteiger partial charge in [-0.25, -0.2) is 0 Å². The standard InChI is InChI=1S/C14H26N2S/c15-13(11-12-7-3-1-4-8-12)14(17)16-9-5-2-6-10-16/h12-13H,1-11,15H2. The van der Waals surface area contributed by atoms with E-state index in [4.69, 9.17) is 18.0 Å². The molecule has 98 valence electrons. The molecule has 0 amide bonds. The maximum Gasteiger partial charge on any atom is 0.0949 e. The lowest BCUT2D eigenvalue weighted by molar-refractivity contribution is 0.310. The van der Waals surface area contributed by atoms with Crippen LogP contribution in [0.5, 0.6) is 0 Å². The third-order valence-electron chi connectivity index (χ3n) is 4.30. The van der Waals surface area contributed by atoms with Gasteiger partial charge in [0, 0.05) is 13.1 Å². The number of likely N-dealkylation sites (tertiary alicyclic amines) is 1. The zero-order chi connectivity index (χ0) is 12.1. The fourth-order valence-electron chi connectivity index (χ4n) is 3.23. The molecule has 0 aromatic heterocycles. The highest BCUT2D eigenvalue weighted by atomic mass is 32.1. The molecular weight excluding hydrogens is 228 g/mol. The Morgan fingerprint density at radius 1 is 1.06 bits per heavy atom. The van der Waals surface area contributed by atoms with Crippen LogP contribution in [0.3, 0.4) is 0 Å². The normalized spacial score (nSPS) is 24.6. The first-order valence-electron chi connectivity index (χ1n) is 7.32. The molecule has 0 aromatic carbocycles. The summed E-state index contributed by atoms with van der Waals surface area (Å²) in [6.45, 7) is 2.27. The van der Waals surface area contributed by atoms with E-state index in [0.29, 0.717) is 0 Å². The molecule has 1 aliphatic carbocycles. The van der Waals surface area contributed by atoms with Crippen molar-refractivity contribution in [2.45, 2.75) is 63.8 Å². The number of hydrogen-bond donors (Lipinski definition) is 1. The summed E-state index contributed by atoms with van der Waals surface area (Å²) < 4.78 is 0. The van der Waals surface area contributed by atoms with Gasteiger partial charge in [0.15, 0.2) is 0 Å². The summed E-state index contributed by atoms with van der Waals surface area (Å²) >= 11 is 5.57. The van der Waals surface area contributed by atoms with Crippen molar-refractivity contribution in [2.75, 3.05) is 13.1 Å². The molecule has 0 radical (unpaired) electrons. The van der Waals surface area contributed by atoms with Crippen molar-refractivity contribution in [1.82, 2.24) is 4.90 Å². The molecule has 3 heteroatoms. The molecule has 1 unspecified atom stereocenters. The van der Waals surface area contributed by atoms with Crippen molar-refractivity contribution in [1.29, 1.82) is 0 Å². The quantitative estimate of drug-likeness (QED) is 0.785. The first-order valence-corrected chi connectivity index (χ1v) is 7.72. The second-order valence-electron chi connectivity index (χ2n) is 5.73. The lowest BCUT2D eigenvalue weighted by Crippen LogP contribution is -2.45. The first kappa shape index (κ1) is 13.3. The summed E-state index contributed by atoms with van der Waals surface area (Å²) in [7, 11) is 0. The monoisotopic (exact) mass is 254 g/mol. The topological polar surface area (TPSA) is 29.3 Å². The zero-order valence-corrected chi connectivity index (χ0v) is 11.7. The van der Waals surface area contributed by atoms with E-state index < -0.39 is 0 Å². The minimum Gasteiger partial charge on any atom is -0.365 e. The van der Waals surface area contributed by atoms with Crippen LogP contribution >= 0.6 is 12.2 Å². The summed E-state index contributed by atoms with van der Waals surface area (Å²) in [6.07, 6.45) is 12.0. The van der Waals surface area contributed by atoms with E-state index in [0.717, 1.165) is 30.4 Å². The lowest BCUT2D eigenvalue weighted by atomic mass is 9.85. The molecule has 2 fully saturated rings. The molecule has 2 nitrogen and oxygen atoms in total. The second-order valence-corrected chi connectivity index (χ2v) is 6.15. The van der Waals surface area contributed by atoms with Crippen molar-refractivity contribution < 1.29 is 0 Å². The number of hydrogen-bond acceptors (Lipinski definition) is 2. The van der Waals surface area contributed by atoms with Crippen LogP contribution in [0, 0.1) is 5.92 Å². The molecule has 0 bridgehead atoms. The Bertz CT molecular complexity index is 243. The average Bonchev–Trinajstić information content (AvgIpc) is 2.40. The van der Waals surface area contributed by atoms with Crippen LogP contribution in [-0.4, -0.2) is 29.0 Å². The Morgan fingerprint density at radius 3 is 2.29 bits per heavy atom. The van der Waals surface area contributed by atoms with Crippen molar-refractivity contribution in [3.63, 3.8) is 0 Å². The Kier molecular flexibility index (Phi) is 5.23. The van der Waals surface area contributed by atoms with Gasteiger partial charge in [0.25, 0.3) is 0 Å². The Labute approximate surface area is 111 Å². The van der Waals surface area contributed by atoms with Crippen LogP contribution in [0.4, 0.5) is 0 Å². The van der Waals surface area contributed by atoms with E-state index in [2.05, 4.69) is 4.90 Å². The SMILES string of the molecule is NC(CC1CCCCC1)C(=S)N1CCCCC1. The number of rotatable bonds is 3. The second kappa shape index (κ2) is 6.69. The van der Waals surface area contributed by atoms with E-state index in [1.807, 2.05) is 0 Å². The van der Waals surface area contributed by atoms with Gasteiger partial charge < -0.3 is 10.6 Å². The van der Waals surface area contributed by atoms with E-state index in [1.165, 1.54) is 51.4 Å². The van der Waals surface area contributed by atoms with E-state index in [1.54, 1.807) is 0 Å². The molecule has 2 aliphatic rings. The van der Waals surface area contributed by atoms with Gasteiger partial charge in [-0.1, -0.05) is 44.3 Å². The molecule has 1 heterocycles. The van der Waals surface area contributed by atoms with Gasteiger partial charge in [0.1, 0.15) is 0 Å². The molecule has 0 spiro atoms. The maximum atomic E-state index is 6.30. The molecule has 1 saturated heterocycles. The van der Waals surface area contributed by atoms with Gasteiger partial charge >= 0.3 is 0 Å². The Morgan fingerprint density at radius 2 is 1.65 bits per heavy atom. The molecule has 1 aliphatic heterocycles. The lowest BCUT2D eigenvalue weighted by Gasteiger charge is -2.33. The van der Waals surface area contributed by atoms with Gasteiger partial charge in [0.2, 0.25) is 0 Å². The predicted molar refractivity (Wildman–Crippen MR) is 77.2 cm³/mol. The summed E-state index contributed by atoms with van der Waals surface area (Å²) in [4.78, 5) is 3.39. The molecule has 2 N–H and O–H groups in total. The number of piperidine rings is 1. The van der Waals surface area contributed by atoms with Crippen molar-refractivity contribution in [3.8, 4) is 0 Å². The van der Waals surface area contributed by atoms with Gasteiger partial charge in [0.05, 0.1) is 11.0 Å². The highest BCUT2D eigenvalue weighted by Crippen LogP contribution is 2.27. The zero-order valence-electron chi connectivity index (χ0n) is 10.9.